The van der Waals surface area contributed by atoms with Gasteiger partial charge in [-0.2, -0.15) is 0 Å². The van der Waals surface area contributed by atoms with Crippen molar-refractivity contribution in [1.29, 1.82) is 0 Å². The summed E-state index contributed by atoms with van der Waals surface area (Å²) in [6.45, 7) is 2.43. The van der Waals surface area contributed by atoms with Crippen molar-refractivity contribution in [2.75, 3.05) is 5.73 Å². The van der Waals surface area contributed by atoms with Crippen molar-refractivity contribution in [2.45, 2.75) is 13.5 Å². The molecule has 4 N–H and O–H groups in total. The molecule has 98 valence electrons. The molecule has 0 unspecified atom stereocenters. The van der Waals surface area contributed by atoms with Crippen molar-refractivity contribution < 1.29 is 9.90 Å². The van der Waals surface area contributed by atoms with Crippen LogP contribution in [-0.2, 0) is 6.54 Å². The highest BCUT2D eigenvalue weighted by molar-refractivity contribution is 5.97. The van der Waals surface area contributed by atoms with Crippen LogP contribution in [-0.4, -0.2) is 11.0 Å². The predicted molar refractivity (Wildman–Crippen MR) is 74.9 cm³/mol. The summed E-state index contributed by atoms with van der Waals surface area (Å²) < 4.78 is 0. The number of carbonyl (C=O) groups is 1. The Morgan fingerprint density at radius 1 is 1.21 bits per heavy atom. The van der Waals surface area contributed by atoms with Crippen molar-refractivity contribution in [1.82, 2.24) is 5.32 Å². The first kappa shape index (κ1) is 13.0. The van der Waals surface area contributed by atoms with E-state index in [0.29, 0.717) is 12.2 Å². The number of hydrogen-bond donors (Lipinski definition) is 3. The standard InChI is InChI=1S/C15H16N2O2/c1-10-2-4-11(5-3-10)9-17-15(19)13-7-6-12(16)8-14(13)18/h2-8,18H,9,16H2,1H3,(H,17,19). The van der Waals surface area contributed by atoms with E-state index in [1.165, 1.54) is 17.7 Å². The number of carbonyl (C=O) groups excluding carboxylic acids is 1. The third kappa shape index (κ3) is 3.25. The fourth-order valence-electron chi connectivity index (χ4n) is 1.72. The van der Waals surface area contributed by atoms with E-state index in [-0.39, 0.29) is 17.2 Å². The Balaban J connectivity index is 2.03. The summed E-state index contributed by atoms with van der Waals surface area (Å²) in [4.78, 5) is 11.9. The van der Waals surface area contributed by atoms with Gasteiger partial charge in [0.05, 0.1) is 5.56 Å². The largest absolute Gasteiger partial charge is 0.507 e. The van der Waals surface area contributed by atoms with E-state index in [2.05, 4.69) is 5.32 Å². The summed E-state index contributed by atoms with van der Waals surface area (Å²) in [5.41, 5.74) is 8.34. The van der Waals surface area contributed by atoms with Gasteiger partial charge in [-0.25, -0.2) is 0 Å². The van der Waals surface area contributed by atoms with E-state index in [4.69, 9.17) is 5.73 Å². The highest BCUT2D eigenvalue weighted by Gasteiger charge is 2.10. The average Bonchev–Trinajstić information content (AvgIpc) is 2.37. The normalized spacial score (nSPS) is 10.2. The Hall–Kier alpha value is -2.49. The van der Waals surface area contributed by atoms with Gasteiger partial charge in [-0.3, -0.25) is 4.79 Å². The number of amides is 1. The SMILES string of the molecule is Cc1ccc(CNC(=O)c2ccc(N)cc2O)cc1. The van der Waals surface area contributed by atoms with Crippen LogP contribution in [0, 0.1) is 6.92 Å². The van der Waals surface area contributed by atoms with Gasteiger partial charge in [0, 0.05) is 18.3 Å². The maximum atomic E-state index is 11.9. The summed E-state index contributed by atoms with van der Waals surface area (Å²) in [6, 6.07) is 12.3. The Morgan fingerprint density at radius 3 is 2.53 bits per heavy atom. The van der Waals surface area contributed by atoms with E-state index in [1.54, 1.807) is 6.07 Å². The van der Waals surface area contributed by atoms with Gasteiger partial charge in [-0.15, -0.1) is 0 Å². The molecule has 0 aliphatic heterocycles. The Bertz CT molecular complexity index is 592. The molecule has 0 spiro atoms. The number of phenols is 1. The molecule has 4 heteroatoms. The van der Waals surface area contributed by atoms with E-state index >= 15 is 0 Å². The minimum absolute atomic E-state index is 0.110. The van der Waals surface area contributed by atoms with Gasteiger partial charge in [0.2, 0.25) is 0 Å². The van der Waals surface area contributed by atoms with Gasteiger partial charge >= 0.3 is 0 Å². The van der Waals surface area contributed by atoms with Gasteiger partial charge in [0.25, 0.3) is 5.91 Å². The van der Waals surface area contributed by atoms with Crippen LogP contribution < -0.4 is 11.1 Å². The second-order valence-corrected chi connectivity index (χ2v) is 4.44. The fraction of sp³-hybridized carbons (Fsp3) is 0.133. The third-order valence-electron chi connectivity index (χ3n) is 2.84. The number of nitrogens with one attached hydrogen (secondary N) is 1. The quantitative estimate of drug-likeness (QED) is 0.737. The molecular weight excluding hydrogens is 240 g/mol. The molecule has 0 radical (unpaired) electrons. The molecule has 0 bridgehead atoms. The zero-order valence-electron chi connectivity index (χ0n) is 10.7. The molecule has 2 aromatic carbocycles. The summed E-state index contributed by atoms with van der Waals surface area (Å²) >= 11 is 0. The summed E-state index contributed by atoms with van der Waals surface area (Å²) in [5.74, 6) is -0.431. The zero-order chi connectivity index (χ0) is 13.8. The molecule has 0 saturated carbocycles. The molecule has 4 nitrogen and oxygen atoms in total. The summed E-state index contributed by atoms with van der Waals surface area (Å²) in [7, 11) is 0. The number of phenolic OH excluding ortho intramolecular Hbond substituents is 1. The Morgan fingerprint density at radius 2 is 1.89 bits per heavy atom. The molecule has 0 fully saturated rings. The van der Waals surface area contributed by atoms with Crippen LogP contribution in [0.4, 0.5) is 5.69 Å². The van der Waals surface area contributed by atoms with Gasteiger partial charge < -0.3 is 16.2 Å². The molecule has 0 aliphatic rings. The molecule has 1 amide bonds. The highest BCUT2D eigenvalue weighted by atomic mass is 16.3. The first-order valence-corrected chi connectivity index (χ1v) is 5.98. The molecule has 0 atom stereocenters. The monoisotopic (exact) mass is 256 g/mol. The summed E-state index contributed by atoms with van der Waals surface area (Å²) in [6.07, 6.45) is 0. The van der Waals surface area contributed by atoms with E-state index in [9.17, 15) is 9.90 Å². The molecule has 0 heterocycles. The van der Waals surface area contributed by atoms with E-state index in [1.807, 2.05) is 31.2 Å². The number of benzene rings is 2. The van der Waals surface area contributed by atoms with E-state index < -0.39 is 0 Å². The lowest BCUT2D eigenvalue weighted by atomic mass is 10.1. The number of nitrogen functional groups attached to an aromatic ring is 1. The predicted octanol–water partition coefficient (Wildman–Crippen LogP) is 2.21. The smallest absolute Gasteiger partial charge is 0.255 e. The lowest BCUT2D eigenvalue weighted by Crippen LogP contribution is -2.22. The third-order valence-corrected chi connectivity index (χ3v) is 2.84. The van der Waals surface area contributed by atoms with Crippen LogP contribution >= 0.6 is 0 Å². The molecule has 2 aromatic rings. The van der Waals surface area contributed by atoms with Crippen molar-refractivity contribution in [3.8, 4) is 5.75 Å². The maximum absolute atomic E-state index is 11.9. The number of anilines is 1. The first-order valence-electron chi connectivity index (χ1n) is 5.98. The van der Waals surface area contributed by atoms with Crippen LogP contribution in [0.15, 0.2) is 42.5 Å². The first-order chi connectivity index (χ1) is 9.06. The molecule has 0 aliphatic carbocycles. The number of hydrogen-bond acceptors (Lipinski definition) is 3. The molecule has 0 saturated heterocycles. The zero-order valence-corrected chi connectivity index (χ0v) is 10.7. The summed E-state index contributed by atoms with van der Waals surface area (Å²) in [5, 5.41) is 12.4. The van der Waals surface area contributed by atoms with Crippen LogP contribution in [0.3, 0.4) is 0 Å². The second-order valence-electron chi connectivity index (χ2n) is 4.44. The number of nitrogens with two attached hydrogens (primary N) is 1. The highest BCUT2D eigenvalue weighted by Crippen LogP contribution is 2.19. The molecule has 19 heavy (non-hydrogen) atoms. The molecule has 2 rings (SSSR count). The molecule has 0 aromatic heterocycles. The lowest BCUT2D eigenvalue weighted by Gasteiger charge is -2.07. The van der Waals surface area contributed by atoms with Gasteiger partial charge in [0.1, 0.15) is 5.75 Å². The van der Waals surface area contributed by atoms with Crippen LogP contribution in [0.2, 0.25) is 0 Å². The Labute approximate surface area is 111 Å². The van der Waals surface area contributed by atoms with Gasteiger partial charge in [-0.05, 0) is 24.6 Å². The van der Waals surface area contributed by atoms with Crippen molar-refractivity contribution in [3.05, 3.63) is 59.2 Å². The maximum Gasteiger partial charge on any atom is 0.255 e. The number of rotatable bonds is 3. The number of aromatic hydroxyl groups is 1. The van der Waals surface area contributed by atoms with Crippen LogP contribution in [0.25, 0.3) is 0 Å². The minimum Gasteiger partial charge on any atom is -0.507 e. The fourth-order valence-corrected chi connectivity index (χ4v) is 1.72. The van der Waals surface area contributed by atoms with Crippen molar-refractivity contribution in [3.63, 3.8) is 0 Å². The van der Waals surface area contributed by atoms with E-state index in [0.717, 1.165) is 5.56 Å². The Kier molecular flexibility index (Phi) is 3.71. The second kappa shape index (κ2) is 5.44. The minimum atomic E-state index is -0.321. The van der Waals surface area contributed by atoms with Crippen LogP contribution in [0.5, 0.6) is 5.75 Å². The van der Waals surface area contributed by atoms with Crippen LogP contribution in [0.1, 0.15) is 21.5 Å². The lowest BCUT2D eigenvalue weighted by molar-refractivity contribution is 0.0948. The average molecular weight is 256 g/mol. The van der Waals surface area contributed by atoms with Crippen molar-refractivity contribution >= 4 is 11.6 Å². The van der Waals surface area contributed by atoms with Crippen molar-refractivity contribution in [2.24, 2.45) is 0 Å². The van der Waals surface area contributed by atoms with Gasteiger partial charge in [-0.1, -0.05) is 29.8 Å². The molecular formula is C15H16N2O2. The number of aryl methyl sites for hydroxylation is 1. The van der Waals surface area contributed by atoms with Gasteiger partial charge in [0.15, 0.2) is 0 Å². The topological polar surface area (TPSA) is 75.4 Å².